The predicted molar refractivity (Wildman–Crippen MR) is 98.4 cm³/mol. The van der Waals surface area contributed by atoms with E-state index in [0.29, 0.717) is 25.1 Å². The number of piperidine rings is 1. The summed E-state index contributed by atoms with van der Waals surface area (Å²) in [6.07, 6.45) is 0.555. The number of methoxy groups -OCH3 is 1. The number of carbonyl (C=O) groups excluding carboxylic acids is 2. The van der Waals surface area contributed by atoms with E-state index in [4.69, 9.17) is 9.47 Å². The van der Waals surface area contributed by atoms with Crippen LogP contribution in [0.4, 0.5) is 4.79 Å². The molecule has 0 aliphatic carbocycles. The van der Waals surface area contributed by atoms with E-state index >= 15 is 0 Å². The molecule has 2 aromatic carbocycles. The van der Waals surface area contributed by atoms with Crippen LogP contribution in [0.2, 0.25) is 0 Å². The van der Waals surface area contributed by atoms with Crippen molar-refractivity contribution >= 4 is 11.9 Å². The van der Waals surface area contributed by atoms with Crippen molar-refractivity contribution in [2.75, 3.05) is 13.7 Å². The highest BCUT2D eigenvalue weighted by Gasteiger charge is 2.37. The first-order valence-corrected chi connectivity index (χ1v) is 8.77. The van der Waals surface area contributed by atoms with E-state index < -0.39 is 6.09 Å². The zero-order valence-electron chi connectivity index (χ0n) is 15.1. The van der Waals surface area contributed by atoms with Crippen molar-refractivity contribution in [1.82, 2.24) is 4.90 Å². The topological polar surface area (TPSA) is 55.8 Å². The van der Waals surface area contributed by atoms with Crippen molar-refractivity contribution < 1.29 is 19.1 Å². The molecule has 0 aromatic heterocycles. The lowest BCUT2D eigenvalue weighted by atomic mass is 9.86. The summed E-state index contributed by atoms with van der Waals surface area (Å²) in [5.74, 6) is 1.24. The molecule has 5 heteroatoms. The highest BCUT2D eigenvalue weighted by atomic mass is 16.6. The highest BCUT2D eigenvalue weighted by Crippen LogP contribution is 2.26. The molecule has 3 rings (SSSR count). The molecule has 1 aliphatic heterocycles. The van der Waals surface area contributed by atoms with E-state index in [0.717, 1.165) is 11.3 Å². The second kappa shape index (κ2) is 8.04. The van der Waals surface area contributed by atoms with Gasteiger partial charge in [-0.15, -0.1) is 0 Å². The minimum Gasteiger partial charge on any atom is -0.497 e. The lowest BCUT2D eigenvalue weighted by Crippen LogP contribution is -2.53. The van der Waals surface area contributed by atoms with E-state index in [9.17, 15) is 9.59 Å². The summed E-state index contributed by atoms with van der Waals surface area (Å²) in [6, 6.07) is 16.5. The van der Waals surface area contributed by atoms with Crippen LogP contribution in [-0.2, 0) is 11.2 Å². The number of ether oxygens (including phenoxy) is 2. The maximum absolute atomic E-state index is 12.7. The molecule has 0 radical (unpaired) electrons. The Labute approximate surface area is 153 Å². The Morgan fingerprint density at radius 2 is 1.77 bits per heavy atom. The number of carbonyl (C=O) groups is 2. The monoisotopic (exact) mass is 353 g/mol. The molecule has 0 spiro atoms. The molecule has 2 aromatic rings. The zero-order chi connectivity index (χ0) is 18.5. The molecule has 0 N–H and O–H groups in total. The van der Waals surface area contributed by atoms with Gasteiger partial charge in [0.15, 0.2) is 0 Å². The molecule has 1 amide bonds. The highest BCUT2D eigenvalue weighted by molar-refractivity contribution is 5.84. The largest absolute Gasteiger partial charge is 0.497 e. The maximum Gasteiger partial charge on any atom is 0.415 e. The van der Waals surface area contributed by atoms with Crippen LogP contribution >= 0.6 is 0 Å². The summed E-state index contributed by atoms with van der Waals surface area (Å²) < 4.78 is 10.7. The Hall–Kier alpha value is -2.82. The minimum atomic E-state index is -0.408. The molecule has 0 unspecified atom stereocenters. The number of hydrogen-bond acceptors (Lipinski definition) is 4. The van der Waals surface area contributed by atoms with Crippen molar-refractivity contribution in [2.24, 2.45) is 5.92 Å². The van der Waals surface area contributed by atoms with Crippen LogP contribution in [0, 0.1) is 5.92 Å². The lowest BCUT2D eigenvalue weighted by molar-refractivity contribution is -0.127. The van der Waals surface area contributed by atoms with Gasteiger partial charge in [0.2, 0.25) is 0 Å². The normalized spacial score (nSPS) is 19.9. The fourth-order valence-electron chi connectivity index (χ4n) is 3.27. The van der Waals surface area contributed by atoms with Gasteiger partial charge in [0, 0.05) is 24.9 Å². The number of benzene rings is 2. The third-order valence-electron chi connectivity index (χ3n) is 4.87. The smallest absolute Gasteiger partial charge is 0.415 e. The average molecular weight is 353 g/mol. The van der Waals surface area contributed by atoms with Crippen LogP contribution in [0.3, 0.4) is 0 Å². The summed E-state index contributed by atoms with van der Waals surface area (Å²) in [7, 11) is 1.62. The molecular weight excluding hydrogens is 330 g/mol. The molecule has 1 saturated heterocycles. The van der Waals surface area contributed by atoms with Gasteiger partial charge >= 0.3 is 6.09 Å². The lowest BCUT2D eigenvalue weighted by Gasteiger charge is -2.38. The van der Waals surface area contributed by atoms with E-state index in [1.807, 2.05) is 49.4 Å². The van der Waals surface area contributed by atoms with E-state index in [2.05, 4.69) is 0 Å². The van der Waals surface area contributed by atoms with E-state index in [1.165, 1.54) is 0 Å². The van der Waals surface area contributed by atoms with Gasteiger partial charge in [-0.3, -0.25) is 4.79 Å². The number of likely N-dealkylation sites (tertiary alicyclic amines) is 1. The third-order valence-corrected chi connectivity index (χ3v) is 4.87. The minimum absolute atomic E-state index is 0.187. The maximum atomic E-state index is 12.7. The predicted octanol–water partition coefficient (Wildman–Crippen LogP) is 3.72. The summed E-state index contributed by atoms with van der Waals surface area (Å²) in [5, 5.41) is 0. The molecule has 26 heavy (non-hydrogen) atoms. The van der Waals surface area contributed by atoms with Crippen LogP contribution < -0.4 is 9.47 Å². The van der Waals surface area contributed by atoms with Crippen molar-refractivity contribution in [3.05, 3.63) is 60.2 Å². The second-order valence-electron chi connectivity index (χ2n) is 6.50. The molecule has 5 nitrogen and oxygen atoms in total. The van der Waals surface area contributed by atoms with Gasteiger partial charge in [-0.1, -0.05) is 37.3 Å². The van der Waals surface area contributed by atoms with Gasteiger partial charge in [0.25, 0.3) is 0 Å². The molecule has 1 heterocycles. The first-order chi connectivity index (χ1) is 12.6. The van der Waals surface area contributed by atoms with Crippen LogP contribution in [-0.4, -0.2) is 36.5 Å². The van der Waals surface area contributed by atoms with Crippen molar-refractivity contribution in [3.8, 4) is 11.5 Å². The van der Waals surface area contributed by atoms with Crippen LogP contribution in [0.15, 0.2) is 54.6 Å². The van der Waals surface area contributed by atoms with Gasteiger partial charge < -0.3 is 14.4 Å². The number of para-hydroxylation sites is 1. The molecule has 1 aliphatic rings. The number of ketones is 1. The Morgan fingerprint density at radius 3 is 2.42 bits per heavy atom. The molecule has 2 atom stereocenters. The van der Waals surface area contributed by atoms with Gasteiger partial charge in [0.05, 0.1) is 7.11 Å². The van der Waals surface area contributed by atoms with Crippen molar-refractivity contribution in [3.63, 3.8) is 0 Å². The number of hydrogen-bond donors (Lipinski definition) is 0. The SMILES string of the molecule is COc1ccc(C[C@H]2[C@H](C)C(=O)CCN2C(=O)Oc2ccccc2)cc1. The molecular formula is C21H23NO4. The van der Waals surface area contributed by atoms with E-state index in [1.54, 1.807) is 24.1 Å². The first kappa shape index (κ1) is 18.0. The summed E-state index contributed by atoms with van der Waals surface area (Å²) in [5.41, 5.74) is 1.05. The molecule has 0 bridgehead atoms. The average Bonchev–Trinajstić information content (AvgIpc) is 2.67. The third kappa shape index (κ3) is 4.04. The Morgan fingerprint density at radius 1 is 1.08 bits per heavy atom. The van der Waals surface area contributed by atoms with Gasteiger partial charge in [0.1, 0.15) is 17.3 Å². The van der Waals surface area contributed by atoms with Crippen molar-refractivity contribution in [2.45, 2.75) is 25.8 Å². The van der Waals surface area contributed by atoms with Crippen LogP contribution in [0.1, 0.15) is 18.9 Å². The van der Waals surface area contributed by atoms with Gasteiger partial charge in [-0.05, 0) is 36.2 Å². The summed E-state index contributed by atoms with van der Waals surface area (Å²) in [4.78, 5) is 26.6. The quantitative estimate of drug-likeness (QED) is 0.841. The van der Waals surface area contributed by atoms with Crippen LogP contribution in [0.25, 0.3) is 0 Å². The van der Waals surface area contributed by atoms with E-state index in [-0.39, 0.29) is 17.7 Å². The fraction of sp³-hybridized carbons (Fsp3) is 0.333. The molecule has 136 valence electrons. The number of rotatable bonds is 4. The first-order valence-electron chi connectivity index (χ1n) is 8.77. The summed E-state index contributed by atoms with van der Waals surface area (Å²) >= 11 is 0. The summed E-state index contributed by atoms with van der Waals surface area (Å²) in [6.45, 7) is 2.27. The molecule has 1 fully saturated rings. The van der Waals surface area contributed by atoms with Crippen LogP contribution in [0.5, 0.6) is 11.5 Å². The standard InChI is InChI=1S/C21H23NO4/c1-15-19(14-16-8-10-17(25-2)11-9-16)22(13-12-20(15)23)21(24)26-18-6-4-3-5-7-18/h3-11,15,19H,12-14H2,1-2H3/t15-,19-/m0/s1. The van der Waals surface area contributed by atoms with Crippen molar-refractivity contribution in [1.29, 1.82) is 0 Å². The fourth-order valence-corrected chi connectivity index (χ4v) is 3.27. The van der Waals surface area contributed by atoms with Gasteiger partial charge in [-0.2, -0.15) is 0 Å². The number of nitrogens with zero attached hydrogens (tertiary/aromatic N) is 1. The second-order valence-corrected chi connectivity index (χ2v) is 6.50. The zero-order valence-corrected chi connectivity index (χ0v) is 15.1. The number of amides is 1. The number of Topliss-reactive ketones (excluding diaryl/α,β-unsaturated/α-hetero) is 1. The Kier molecular flexibility index (Phi) is 5.56. The Balaban J connectivity index is 1.77. The Bertz CT molecular complexity index is 757. The molecule has 0 saturated carbocycles. The van der Waals surface area contributed by atoms with Gasteiger partial charge in [-0.25, -0.2) is 4.79 Å².